The number of nitrogens with one attached hydrogen (secondary N) is 1. The molecule has 0 saturated carbocycles. The molecule has 8 nitrogen and oxygen atoms in total. The normalized spacial score (nSPS) is 21.4. The average Bonchev–Trinajstić information content (AvgIpc) is 3.22. The summed E-state index contributed by atoms with van der Waals surface area (Å²) in [6, 6.07) is 9.56. The molecule has 2 unspecified atom stereocenters. The minimum absolute atomic E-state index is 0.0669. The topological polar surface area (TPSA) is 133 Å². The number of ketones is 2. The van der Waals surface area contributed by atoms with Crippen LogP contribution in [0.2, 0.25) is 0 Å². The van der Waals surface area contributed by atoms with Crippen molar-refractivity contribution < 1.29 is 34.4 Å². The van der Waals surface area contributed by atoms with E-state index in [0.29, 0.717) is 24.5 Å². The first-order valence-electron chi connectivity index (χ1n) is 14.5. The fourth-order valence-corrected chi connectivity index (χ4v) is 5.07. The Kier molecular flexibility index (Phi) is 11.7. The molecule has 222 valence electrons. The van der Waals surface area contributed by atoms with Crippen LogP contribution in [0.25, 0.3) is 0 Å². The maximum atomic E-state index is 13.7. The highest BCUT2D eigenvalue weighted by molar-refractivity contribution is 6.15. The molecule has 2 aliphatic rings. The molecule has 0 fully saturated rings. The van der Waals surface area contributed by atoms with E-state index in [2.05, 4.69) is 19.2 Å². The van der Waals surface area contributed by atoms with Gasteiger partial charge < -0.3 is 25.4 Å². The van der Waals surface area contributed by atoms with Crippen molar-refractivity contribution in [3.63, 3.8) is 0 Å². The zero-order valence-corrected chi connectivity index (χ0v) is 24.3. The number of hydrogen-bond donors (Lipinski definition) is 4. The lowest BCUT2D eigenvalue weighted by Gasteiger charge is -2.31. The lowest BCUT2D eigenvalue weighted by atomic mass is 9.76. The minimum atomic E-state index is -1.71. The zero-order chi connectivity index (χ0) is 30.0. The number of unbranched alkanes of at least 4 members (excludes halogenated alkanes) is 3. The van der Waals surface area contributed by atoms with Crippen molar-refractivity contribution in [1.82, 2.24) is 5.32 Å². The van der Waals surface area contributed by atoms with E-state index < -0.39 is 35.8 Å². The van der Waals surface area contributed by atoms with Crippen molar-refractivity contribution >= 4 is 17.5 Å². The Morgan fingerprint density at radius 1 is 1.12 bits per heavy atom. The van der Waals surface area contributed by atoms with Crippen LogP contribution in [0.4, 0.5) is 0 Å². The van der Waals surface area contributed by atoms with Gasteiger partial charge in [0.2, 0.25) is 5.78 Å². The first kappa shape index (κ1) is 32.0. The molecule has 0 saturated heterocycles. The third kappa shape index (κ3) is 8.27. The molecule has 41 heavy (non-hydrogen) atoms. The van der Waals surface area contributed by atoms with Crippen LogP contribution in [0, 0.1) is 5.92 Å². The summed E-state index contributed by atoms with van der Waals surface area (Å²) in [6.45, 7) is 5.77. The maximum absolute atomic E-state index is 13.7. The maximum Gasteiger partial charge on any atom is 0.343 e. The lowest BCUT2D eigenvalue weighted by molar-refractivity contribution is -0.152. The molecule has 3 rings (SSSR count). The molecule has 1 aliphatic heterocycles. The summed E-state index contributed by atoms with van der Waals surface area (Å²) in [6.07, 6.45) is 9.19. The summed E-state index contributed by atoms with van der Waals surface area (Å²) in [4.78, 5) is 39.2. The summed E-state index contributed by atoms with van der Waals surface area (Å²) < 4.78 is 5.51. The van der Waals surface area contributed by atoms with Crippen molar-refractivity contribution in [2.24, 2.45) is 5.92 Å². The van der Waals surface area contributed by atoms with Gasteiger partial charge in [-0.05, 0) is 36.5 Å². The number of allylic oxidation sites excluding steroid dienone is 1. The summed E-state index contributed by atoms with van der Waals surface area (Å²) >= 11 is 0. The van der Waals surface area contributed by atoms with Crippen molar-refractivity contribution in [3.8, 4) is 0 Å². The summed E-state index contributed by atoms with van der Waals surface area (Å²) in [5, 5.41) is 33.5. The molecule has 1 heterocycles. The standard InChI is InChI=1S/C33H43NO7/c1-4-22(2)12-8-5-6-11-15-25(36)18-29(38)30-28-17-24(16-26(37)21-35)27(31(39)33(28,3)41-32(30)40)20-34-19-23-13-9-7-10-14-23/h7,9-10,13-14,17-18,20,22,26,34-35,37-38H,4-6,8,11-12,15-16,19,21H2,1-3H3/b27-20-,29-18-/t22?,26?,33-/m1/s1. The van der Waals surface area contributed by atoms with E-state index in [1.165, 1.54) is 25.6 Å². The van der Waals surface area contributed by atoms with Crippen molar-refractivity contribution in [2.45, 2.75) is 90.4 Å². The number of aliphatic hydroxyl groups is 3. The number of benzene rings is 1. The Bertz CT molecular complexity index is 1230. The molecule has 1 aliphatic carbocycles. The number of esters is 1. The summed E-state index contributed by atoms with van der Waals surface area (Å²) in [5.74, 6) is -1.59. The molecule has 8 heteroatoms. The Morgan fingerprint density at radius 2 is 1.83 bits per heavy atom. The van der Waals surface area contributed by atoms with E-state index in [0.717, 1.165) is 37.3 Å². The van der Waals surface area contributed by atoms with Crippen LogP contribution in [-0.2, 0) is 25.7 Å². The highest BCUT2D eigenvalue weighted by atomic mass is 16.6. The van der Waals surface area contributed by atoms with Crippen LogP contribution < -0.4 is 5.32 Å². The van der Waals surface area contributed by atoms with Crippen LogP contribution in [0.3, 0.4) is 0 Å². The molecule has 0 bridgehead atoms. The van der Waals surface area contributed by atoms with E-state index in [-0.39, 0.29) is 35.3 Å². The van der Waals surface area contributed by atoms with Gasteiger partial charge in [0.15, 0.2) is 11.4 Å². The number of Topliss-reactive ketones (excluding diaryl/α,β-unsaturated/α-hetero) is 1. The molecule has 1 aromatic carbocycles. The third-order valence-electron chi connectivity index (χ3n) is 7.81. The van der Waals surface area contributed by atoms with Crippen LogP contribution >= 0.6 is 0 Å². The van der Waals surface area contributed by atoms with E-state index in [1.54, 1.807) is 0 Å². The number of ether oxygens (including phenoxy) is 1. The van der Waals surface area contributed by atoms with E-state index in [1.807, 2.05) is 30.3 Å². The molecule has 1 aromatic rings. The number of fused-ring (bicyclic) bond motifs is 1. The van der Waals surface area contributed by atoms with Crippen LogP contribution in [0.15, 0.2) is 76.7 Å². The molecule has 4 N–H and O–H groups in total. The predicted molar refractivity (Wildman–Crippen MR) is 157 cm³/mol. The molecular weight excluding hydrogens is 522 g/mol. The molecule has 0 radical (unpaired) electrons. The van der Waals surface area contributed by atoms with Gasteiger partial charge in [0.1, 0.15) is 11.3 Å². The predicted octanol–water partition coefficient (Wildman–Crippen LogP) is 4.92. The minimum Gasteiger partial charge on any atom is -0.507 e. The molecule has 0 amide bonds. The highest BCUT2D eigenvalue weighted by Gasteiger charge is 2.53. The average molecular weight is 566 g/mol. The zero-order valence-electron chi connectivity index (χ0n) is 24.3. The largest absolute Gasteiger partial charge is 0.507 e. The van der Waals surface area contributed by atoms with Gasteiger partial charge in [-0.15, -0.1) is 0 Å². The van der Waals surface area contributed by atoms with Gasteiger partial charge in [0.25, 0.3) is 0 Å². The SMILES string of the molecule is CCC(C)CCCCCCC(=O)/C=C(\O)C1=C2C=C(CC(O)CO)/C(=C/NCc3ccccc3)C(=O)[C@]2(C)OC1=O. The molecular formula is C33H43NO7. The first-order valence-corrected chi connectivity index (χ1v) is 14.5. The van der Waals surface area contributed by atoms with Gasteiger partial charge in [-0.2, -0.15) is 0 Å². The number of carbonyl (C=O) groups is 3. The lowest BCUT2D eigenvalue weighted by Crippen LogP contribution is -2.42. The second-order valence-corrected chi connectivity index (χ2v) is 11.1. The number of rotatable bonds is 16. The summed E-state index contributed by atoms with van der Waals surface area (Å²) in [5.41, 5.74) is -0.269. The molecule has 0 aromatic heterocycles. The van der Waals surface area contributed by atoms with Gasteiger partial charge in [0.05, 0.1) is 12.7 Å². The van der Waals surface area contributed by atoms with E-state index >= 15 is 0 Å². The van der Waals surface area contributed by atoms with Gasteiger partial charge in [-0.3, -0.25) is 9.59 Å². The Hall–Kier alpha value is -3.49. The van der Waals surface area contributed by atoms with Crippen molar-refractivity contribution in [3.05, 3.63) is 82.3 Å². The van der Waals surface area contributed by atoms with Crippen molar-refractivity contribution in [1.29, 1.82) is 0 Å². The third-order valence-corrected chi connectivity index (χ3v) is 7.81. The Labute approximate surface area is 242 Å². The quantitative estimate of drug-likeness (QED) is 0.0961. The molecule has 3 atom stereocenters. The monoisotopic (exact) mass is 565 g/mol. The van der Waals surface area contributed by atoms with Gasteiger partial charge in [-0.25, -0.2) is 4.79 Å². The Balaban J connectivity index is 1.82. The van der Waals surface area contributed by atoms with E-state index in [4.69, 9.17) is 4.74 Å². The second kappa shape index (κ2) is 14.9. The van der Waals surface area contributed by atoms with Crippen LogP contribution in [0.1, 0.15) is 77.7 Å². The Morgan fingerprint density at radius 3 is 2.51 bits per heavy atom. The van der Waals surface area contributed by atoms with Crippen molar-refractivity contribution in [2.75, 3.05) is 6.61 Å². The van der Waals surface area contributed by atoms with Crippen LogP contribution in [-0.4, -0.2) is 51.2 Å². The summed E-state index contributed by atoms with van der Waals surface area (Å²) in [7, 11) is 0. The number of carbonyl (C=O) groups excluding carboxylic acids is 3. The number of hydrogen-bond acceptors (Lipinski definition) is 8. The first-order chi connectivity index (χ1) is 19.6. The number of aliphatic hydroxyl groups excluding tert-OH is 3. The van der Waals surface area contributed by atoms with Crippen LogP contribution in [0.5, 0.6) is 0 Å². The van der Waals surface area contributed by atoms with E-state index in [9.17, 15) is 29.7 Å². The fourth-order valence-electron chi connectivity index (χ4n) is 5.07. The second-order valence-electron chi connectivity index (χ2n) is 11.1. The highest BCUT2D eigenvalue weighted by Crippen LogP contribution is 2.44. The van der Waals surface area contributed by atoms with Gasteiger partial charge in [-0.1, -0.05) is 76.3 Å². The van der Waals surface area contributed by atoms with Gasteiger partial charge >= 0.3 is 5.97 Å². The molecule has 0 spiro atoms. The smallest absolute Gasteiger partial charge is 0.343 e. The van der Waals surface area contributed by atoms with Gasteiger partial charge in [0, 0.05) is 42.8 Å². The fraction of sp³-hybridized carbons (Fsp3) is 0.485.